The van der Waals surface area contributed by atoms with Crippen LogP contribution in [0.4, 0.5) is 17.6 Å². The molecular weight excluding hydrogens is 442 g/mol. The van der Waals surface area contributed by atoms with Gasteiger partial charge in [0.1, 0.15) is 11.8 Å². The first-order valence-corrected chi connectivity index (χ1v) is 12.9. The summed E-state index contributed by atoms with van der Waals surface area (Å²) in [5.41, 5.74) is 1.06. The van der Waals surface area contributed by atoms with E-state index >= 15 is 0 Å². The summed E-state index contributed by atoms with van der Waals surface area (Å²) in [5.74, 6) is 2.41. The molecule has 188 valence electrons. The lowest BCUT2D eigenvalue weighted by atomic mass is 9.68. The third-order valence-corrected chi connectivity index (χ3v) is 7.94. The van der Waals surface area contributed by atoms with Gasteiger partial charge in [-0.05, 0) is 98.8 Å². The second kappa shape index (κ2) is 13.2. The number of hydrogen-bond acceptors (Lipinski definition) is 2. The summed E-state index contributed by atoms with van der Waals surface area (Å²) in [7, 11) is 0. The van der Waals surface area contributed by atoms with Crippen molar-refractivity contribution in [3.63, 3.8) is 0 Å². The number of unbranched alkanes of at least 4 members (excludes halogenated alkanes) is 1. The largest absolute Gasteiger partial charge is 0.573 e. The number of rotatable bonds is 10. The number of alkyl halides is 3. The second-order valence-corrected chi connectivity index (χ2v) is 10.2. The van der Waals surface area contributed by atoms with Crippen LogP contribution >= 0.6 is 0 Å². The standard InChI is InChI=1S/C28H37F4NO/c29-26(20-33)7-3-6-23-10-16-25(17-11-23)24-14-8-21(9-15-24)4-1-2-5-22-12-18-27(19-13-22)34-28(30,31)32/h7,12-13,18-19,21,23-25H,1-6,8-11,14-17H2/b26-7-/t21-,23?,24-,25?. The smallest absolute Gasteiger partial charge is 0.406 e. The highest BCUT2D eigenvalue weighted by Gasteiger charge is 2.31. The number of hydrogen-bond donors (Lipinski definition) is 0. The molecule has 0 heterocycles. The highest BCUT2D eigenvalue weighted by molar-refractivity contribution is 5.27. The number of allylic oxidation sites excluding steroid dienone is 2. The molecule has 0 amide bonds. The Kier molecular flexibility index (Phi) is 10.3. The Morgan fingerprint density at radius 3 is 1.97 bits per heavy atom. The lowest BCUT2D eigenvalue weighted by Gasteiger charge is -2.38. The van der Waals surface area contributed by atoms with E-state index in [-0.39, 0.29) is 5.75 Å². The molecule has 0 atom stereocenters. The molecule has 2 saturated carbocycles. The summed E-state index contributed by atoms with van der Waals surface area (Å²) >= 11 is 0. The third-order valence-electron chi connectivity index (χ3n) is 7.94. The Bertz CT molecular complexity index is 795. The van der Waals surface area contributed by atoms with E-state index in [4.69, 9.17) is 5.26 Å². The molecule has 0 unspecified atom stereocenters. The molecule has 2 nitrogen and oxygen atoms in total. The number of aryl methyl sites for hydroxylation is 1. The zero-order valence-electron chi connectivity index (χ0n) is 20.0. The van der Waals surface area contributed by atoms with Crippen LogP contribution in [0.3, 0.4) is 0 Å². The summed E-state index contributed by atoms with van der Waals surface area (Å²) in [6.07, 6.45) is 13.3. The Labute approximate surface area is 201 Å². The molecule has 0 N–H and O–H groups in total. The molecule has 2 aliphatic rings. The fourth-order valence-electron chi connectivity index (χ4n) is 6.01. The average Bonchev–Trinajstić information content (AvgIpc) is 2.82. The van der Waals surface area contributed by atoms with E-state index in [9.17, 15) is 17.6 Å². The quantitative estimate of drug-likeness (QED) is 0.190. The molecule has 3 rings (SSSR count). The van der Waals surface area contributed by atoms with Gasteiger partial charge in [0, 0.05) is 0 Å². The number of nitrogens with zero attached hydrogens (tertiary/aromatic N) is 1. The molecular formula is C28H37F4NO. The second-order valence-electron chi connectivity index (χ2n) is 10.2. The first-order valence-electron chi connectivity index (χ1n) is 12.9. The molecule has 2 fully saturated rings. The van der Waals surface area contributed by atoms with Crippen molar-refractivity contribution in [1.82, 2.24) is 0 Å². The van der Waals surface area contributed by atoms with Gasteiger partial charge in [-0.25, -0.2) is 0 Å². The van der Waals surface area contributed by atoms with Gasteiger partial charge in [0.05, 0.1) is 0 Å². The Hall–Kier alpha value is -2.03. The minimum atomic E-state index is -4.64. The number of halogens is 4. The number of benzene rings is 1. The van der Waals surface area contributed by atoms with E-state index in [0.717, 1.165) is 42.6 Å². The molecule has 2 aliphatic carbocycles. The van der Waals surface area contributed by atoms with Gasteiger partial charge in [-0.3, -0.25) is 0 Å². The predicted molar refractivity (Wildman–Crippen MR) is 126 cm³/mol. The molecule has 0 aromatic heterocycles. The fraction of sp³-hybridized carbons (Fsp3) is 0.679. The van der Waals surface area contributed by atoms with E-state index in [1.165, 1.54) is 82.4 Å². The lowest BCUT2D eigenvalue weighted by molar-refractivity contribution is -0.274. The van der Waals surface area contributed by atoms with Crippen molar-refractivity contribution in [3.8, 4) is 11.8 Å². The normalized spacial score (nSPS) is 26.1. The average molecular weight is 480 g/mol. The number of nitriles is 1. The Morgan fingerprint density at radius 2 is 1.44 bits per heavy atom. The zero-order chi connectivity index (χ0) is 24.4. The van der Waals surface area contributed by atoms with Gasteiger partial charge < -0.3 is 4.74 Å². The molecule has 1 aromatic carbocycles. The van der Waals surface area contributed by atoms with Crippen LogP contribution in [-0.2, 0) is 6.42 Å². The summed E-state index contributed by atoms with van der Waals surface area (Å²) in [6, 6.07) is 7.78. The van der Waals surface area contributed by atoms with Gasteiger partial charge >= 0.3 is 6.36 Å². The van der Waals surface area contributed by atoms with Gasteiger partial charge in [-0.15, -0.1) is 13.2 Å². The van der Waals surface area contributed by atoms with E-state index in [2.05, 4.69) is 4.74 Å². The van der Waals surface area contributed by atoms with Gasteiger partial charge in [-0.2, -0.15) is 9.65 Å². The van der Waals surface area contributed by atoms with Gasteiger partial charge in [0.2, 0.25) is 0 Å². The maximum atomic E-state index is 12.9. The molecule has 0 bridgehead atoms. The summed E-state index contributed by atoms with van der Waals surface area (Å²) in [4.78, 5) is 0. The minimum absolute atomic E-state index is 0.162. The maximum Gasteiger partial charge on any atom is 0.573 e. The van der Waals surface area contributed by atoms with E-state index in [1.54, 1.807) is 18.2 Å². The van der Waals surface area contributed by atoms with Crippen LogP contribution in [0.5, 0.6) is 5.75 Å². The Morgan fingerprint density at radius 1 is 0.882 bits per heavy atom. The minimum Gasteiger partial charge on any atom is -0.406 e. The van der Waals surface area contributed by atoms with Crippen LogP contribution in [-0.4, -0.2) is 6.36 Å². The first-order chi connectivity index (χ1) is 16.3. The molecule has 0 spiro atoms. The van der Waals surface area contributed by atoms with E-state index in [0.29, 0.717) is 12.3 Å². The van der Waals surface area contributed by atoms with Crippen LogP contribution in [0, 0.1) is 35.0 Å². The van der Waals surface area contributed by atoms with Crippen LogP contribution in [0.1, 0.15) is 89.0 Å². The molecule has 6 heteroatoms. The SMILES string of the molecule is N#C/C(F)=C/CCC1CCC([C@H]2CC[C@H](CCCCc3ccc(OC(F)(F)F)cc3)CC2)CC1. The maximum absolute atomic E-state index is 12.9. The Balaban J connectivity index is 1.26. The monoisotopic (exact) mass is 479 g/mol. The topological polar surface area (TPSA) is 33.0 Å². The van der Waals surface area contributed by atoms with Crippen molar-refractivity contribution < 1.29 is 22.3 Å². The van der Waals surface area contributed by atoms with Crippen molar-refractivity contribution in [2.75, 3.05) is 0 Å². The van der Waals surface area contributed by atoms with Gasteiger partial charge in [0.15, 0.2) is 5.83 Å². The fourth-order valence-corrected chi connectivity index (χ4v) is 6.01. The first kappa shape index (κ1) is 26.6. The molecule has 0 aliphatic heterocycles. The van der Waals surface area contributed by atoms with E-state index < -0.39 is 12.2 Å². The predicted octanol–water partition coefficient (Wildman–Crippen LogP) is 9.07. The number of ether oxygens (including phenoxy) is 1. The van der Waals surface area contributed by atoms with E-state index in [1.807, 2.05) is 0 Å². The molecule has 1 aromatic rings. The van der Waals surface area contributed by atoms with Crippen LogP contribution in [0.15, 0.2) is 36.2 Å². The molecule has 0 saturated heterocycles. The summed E-state index contributed by atoms with van der Waals surface area (Å²) < 4.78 is 53.6. The molecule has 0 radical (unpaired) electrons. The van der Waals surface area contributed by atoms with Crippen molar-refractivity contribution in [2.45, 2.75) is 96.3 Å². The highest BCUT2D eigenvalue weighted by atomic mass is 19.4. The van der Waals surface area contributed by atoms with Gasteiger partial charge in [-0.1, -0.05) is 50.7 Å². The van der Waals surface area contributed by atoms with Crippen LogP contribution < -0.4 is 4.74 Å². The van der Waals surface area contributed by atoms with Crippen molar-refractivity contribution in [2.24, 2.45) is 23.7 Å². The van der Waals surface area contributed by atoms with Crippen molar-refractivity contribution >= 4 is 0 Å². The summed E-state index contributed by atoms with van der Waals surface area (Å²) in [6.45, 7) is 0. The van der Waals surface area contributed by atoms with Crippen molar-refractivity contribution in [1.29, 1.82) is 5.26 Å². The van der Waals surface area contributed by atoms with Crippen molar-refractivity contribution in [3.05, 3.63) is 41.7 Å². The van der Waals surface area contributed by atoms with Crippen LogP contribution in [0.2, 0.25) is 0 Å². The highest BCUT2D eigenvalue weighted by Crippen LogP contribution is 2.43. The van der Waals surface area contributed by atoms with Gasteiger partial charge in [0.25, 0.3) is 0 Å². The summed E-state index contributed by atoms with van der Waals surface area (Å²) in [5, 5.41) is 8.49. The van der Waals surface area contributed by atoms with Crippen LogP contribution in [0.25, 0.3) is 0 Å². The lowest BCUT2D eigenvalue weighted by Crippen LogP contribution is -2.25. The third kappa shape index (κ3) is 9.31. The molecule has 34 heavy (non-hydrogen) atoms. The zero-order valence-corrected chi connectivity index (χ0v) is 20.0.